The molecule has 0 aliphatic heterocycles. The number of nitrogens with one attached hydrogen (secondary N) is 2. The number of hydrogen-bond acceptors (Lipinski definition) is 3. The molecule has 6 nitrogen and oxygen atoms in total. The van der Waals surface area contributed by atoms with Gasteiger partial charge in [-0.2, -0.15) is 5.10 Å². The molecule has 0 bridgehead atoms. The minimum absolute atomic E-state index is 0.00147. The molecule has 0 saturated heterocycles. The Kier molecular flexibility index (Phi) is 5.85. The second kappa shape index (κ2) is 6.91. The molecule has 0 spiro atoms. The first-order valence-electron chi connectivity index (χ1n) is 8.15. The molecule has 1 rings (SSSR count). The Morgan fingerprint density at radius 2 is 1.83 bits per heavy atom. The maximum atomic E-state index is 12.2. The first kappa shape index (κ1) is 19.5. The largest absolute Gasteiger partial charge is 0.396 e. The number of carbonyl (C=O) groups excluding carboxylic acids is 1. The first-order valence-corrected chi connectivity index (χ1v) is 8.15. The van der Waals surface area contributed by atoms with Crippen molar-refractivity contribution in [3.05, 3.63) is 11.8 Å². The van der Waals surface area contributed by atoms with E-state index in [1.807, 2.05) is 45.4 Å². The van der Waals surface area contributed by atoms with Crippen LogP contribution in [0.25, 0.3) is 0 Å². The van der Waals surface area contributed by atoms with Gasteiger partial charge >= 0.3 is 6.03 Å². The SMILES string of the molecule is CC(CO)C(C)NC(=O)Nc1cc(C(C)(C)C)nn1C(C)(C)C. The van der Waals surface area contributed by atoms with Crippen molar-refractivity contribution in [3.63, 3.8) is 0 Å². The third-order valence-electron chi connectivity index (χ3n) is 3.86. The fourth-order valence-electron chi connectivity index (χ4n) is 2.01. The van der Waals surface area contributed by atoms with Crippen molar-refractivity contribution < 1.29 is 9.90 Å². The number of aromatic nitrogens is 2. The minimum atomic E-state index is -0.288. The Morgan fingerprint density at radius 3 is 2.26 bits per heavy atom. The first-order chi connectivity index (χ1) is 10.4. The molecule has 132 valence electrons. The normalized spacial score (nSPS) is 15.2. The summed E-state index contributed by atoms with van der Waals surface area (Å²) in [6.45, 7) is 16.2. The predicted molar refractivity (Wildman–Crippen MR) is 93.8 cm³/mol. The smallest absolute Gasteiger partial charge is 0.320 e. The van der Waals surface area contributed by atoms with Crippen molar-refractivity contribution in [2.24, 2.45) is 5.92 Å². The van der Waals surface area contributed by atoms with Gasteiger partial charge in [-0.1, -0.05) is 27.7 Å². The van der Waals surface area contributed by atoms with Crippen molar-refractivity contribution in [1.29, 1.82) is 0 Å². The fraction of sp³-hybridized carbons (Fsp3) is 0.765. The molecule has 1 aromatic rings. The summed E-state index contributed by atoms with van der Waals surface area (Å²) in [6, 6.07) is 1.52. The van der Waals surface area contributed by atoms with E-state index < -0.39 is 0 Å². The molecule has 6 heteroatoms. The molecule has 2 amide bonds. The van der Waals surface area contributed by atoms with Crippen LogP contribution in [0.2, 0.25) is 0 Å². The van der Waals surface area contributed by atoms with Crippen LogP contribution in [0.15, 0.2) is 6.07 Å². The second-order valence-corrected chi connectivity index (χ2v) is 8.29. The standard InChI is InChI=1S/C17H32N4O2/c1-11(10-22)12(2)18-15(23)19-14-9-13(16(3,4)5)20-21(14)17(6,7)8/h9,11-12,22H,10H2,1-8H3,(H2,18,19,23). The lowest BCUT2D eigenvalue weighted by molar-refractivity contribution is 0.204. The average Bonchev–Trinajstić information content (AvgIpc) is 2.81. The van der Waals surface area contributed by atoms with Gasteiger partial charge in [0.1, 0.15) is 5.82 Å². The third-order valence-corrected chi connectivity index (χ3v) is 3.86. The lowest BCUT2D eigenvalue weighted by Crippen LogP contribution is -2.41. The zero-order valence-electron chi connectivity index (χ0n) is 15.7. The van der Waals surface area contributed by atoms with E-state index in [1.54, 1.807) is 0 Å². The van der Waals surface area contributed by atoms with Crippen LogP contribution in [-0.2, 0) is 11.0 Å². The second-order valence-electron chi connectivity index (χ2n) is 8.29. The van der Waals surface area contributed by atoms with Crippen LogP contribution in [0.1, 0.15) is 61.1 Å². The molecule has 1 aromatic heterocycles. The summed E-state index contributed by atoms with van der Waals surface area (Å²) in [7, 11) is 0. The number of amides is 2. The molecule has 2 unspecified atom stereocenters. The van der Waals surface area contributed by atoms with Gasteiger partial charge in [0.2, 0.25) is 0 Å². The highest BCUT2D eigenvalue weighted by molar-refractivity contribution is 5.88. The van der Waals surface area contributed by atoms with E-state index in [0.717, 1.165) is 5.69 Å². The van der Waals surface area contributed by atoms with E-state index in [4.69, 9.17) is 5.11 Å². The molecule has 0 fully saturated rings. The molecule has 0 aliphatic rings. The van der Waals surface area contributed by atoms with E-state index >= 15 is 0 Å². The van der Waals surface area contributed by atoms with Gasteiger partial charge in [0.05, 0.1) is 11.2 Å². The lowest BCUT2D eigenvalue weighted by atomic mass is 9.92. The van der Waals surface area contributed by atoms with Crippen molar-refractivity contribution in [3.8, 4) is 0 Å². The molecule has 23 heavy (non-hydrogen) atoms. The van der Waals surface area contributed by atoms with E-state index in [0.29, 0.717) is 5.82 Å². The highest BCUT2D eigenvalue weighted by Gasteiger charge is 2.26. The third kappa shape index (κ3) is 5.23. The predicted octanol–water partition coefficient (Wildman–Crippen LogP) is 3.07. The van der Waals surface area contributed by atoms with Crippen molar-refractivity contribution in [1.82, 2.24) is 15.1 Å². The van der Waals surface area contributed by atoms with Crippen LogP contribution < -0.4 is 10.6 Å². The van der Waals surface area contributed by atoms with Crippen LogP contribution in [0.5, 0.6) is 0 Å². The minimum Gasteiger partial charge on any atom is -0.396 e. The van der Waals surface area contributed by atoms with Gasteiger partial charge in [-0.15, -0.1) is 0 Å². The summed E-state index contributed by atoms with van der Waals surface area (Å²) in [5.74, 6) is 0.669. The van der Waals surface area contributed by atoms with Gasteiger partial charge in [0.15, 0.2) is 0 Å². The summed E-state index contributed by atoms with van der Waals surface area (Å²) in [5, 5.41) is 19.6. The monoisotopic (exact) mass is 324 g/mol. The molecule has 2 atom stereocenters. The number of anilines is 1. The van der Waals surface area contributed by atoms with Gasteiger partial charge in [0.25, 0.3) is 0 Å². The maximum Gasteiger partial charge on any atom is 0.320 e. The van der Waals surface area contributed by atoms with Crippen LogP contribution in [0.3, 0.4) is 0 Å². The summed E-state index contributed by atoms with van der Waals surface area (Å²) < 4.78 is 1.84. The Bertz CT molecular complexity index is 538. The molecule has 0 saturated carbocycles. The van der Waals surface area contributed by atoms with Gasteiger partial charge in [-0.3, -0.25) is 5.32 Å². The summed E-state index contributed by atoms with van der Waals surface area (Å²) in [5.41, 5.74) is 0.595. The number of nitrogens with zero attached hydrogens (tertiary/aromatic N) is 2. The molecule has 3 N–H and O–H groups in total. The maximum absolute atomic E-state index is 12.2. The zero-order chi connectivity index (χ0) is 18.0. The Labute approximate surface area is 139 Å². The molecule has 1 heterocycles. The number of carbonyl (C=O) groups is 1. The Morgan fingerprint density at radius 1 is 1.26 bits per heavy atom. The summed E-state index contributed by atoms with van der Waals surface area (Å²) in [6.07, 6.45) is 0. The van der Waals surface area contributed by atoms with Crippen LogP contribution >= 0.6 is 0 Å². The number of aliphatic hydroxyl groups excluding tert-OH is 1. The lowest BCUT2D eigenvalue weighted by Gasteiger charge is -2.24. The number of aliphatic hydroxyl groups is 1. The van der Waals surface area contributed by atoms with Crippen LogP contribution in [-0.4, -0.2) is 33.6 Å². The molecular weight excluding hydrogens is 292 g/mol. The fourth-order valence-corrected chi connectivity index (χ4v) is 2.01. The number of rotatable bonds is 4. The van der Waals surface area contributed by atoms with E-state index in [2.05, 4.69) is 36.5 Å². The van der Waals surface area contributed by atoms with E-state index in [-0.39, 0.29) is 35.6 Å². The number of hydrogen-bond donors (Lipinski definition) is 3. The molecule has 0 aliphatic carbocycles. The zero-order valence-corrected chi connectivity index (χ0v) is 15.7. The topological polar surface area (TPSA) is 79.2 Å². The highest BCUT2D eigenvalue weighted by atomic mass is 16.3. The summed E-state index contributed by atoms with van der Waals surface area (Å²) in [4.78, 5) is 12.2. The van der Waals surface area contributed by atoms with Crippen molar-refractivity contribution in [2.75, 3.05) is 11.9 Å². The van der Waals surface area contributed by atoms with Gasteiger partial charge < -0.3 is 10.4 Å². The molecule has 0 aromatic carbocycles. The molecular formula is C17H32N4O2. The van der Waals surface area contributed by atoms with Crippen molar-refractivity contribution >= 4 is 11.8 Å². The van der Waals surface area contributed by atoms with Crippen molar-refractivity contribution in [2.45, 2.75) is 72.4 Å². The quantitative estimate of drug-likeness (QED) is 0.796. The van der Waals surface area contributed by atoms with Gasteiger partial charge in [-0.25, -0.2) is 9.48 Å². The molecule has 0 radical (unpaired) electrons. The Hall–Kier alpha value is -1.56. The van der Waals surface area contributed by atoms with Gasteiger partial charge in [0, 0.05) is 24.1 Å². The van der Waals surface area contributed by atoms with E-state index in [1.165, 1.54) is 0 Å². The van der Waals surface area contributed by atoms with Gasteiger partial charge in [-0.05, 0) is 33.6 Å². The van der Waals surface area contributed by atoms with Crippen LogP contribution in [0, 0.1) is 5.92 Å². The van der Waals surface area contributed by atoms with Crippen LogP contribution in [0.4, 0.5) is 10.6 Å². The highest BCUT2D eigenvalue weighted by Crippen LogP contribution is 2.28. The summed E-state index contributed by atoms with van der Waals surface area (Å²) >= 11 is 0. The van der Waals surface area contributed by atoms with E-state index in [9.17, 15) is 4.79 Å². The number of urea groups is 1. The Balaban J connectivity index is 2.99. The average molecular weight is 324 g/mol.